The second-order valence-corrected chi connectivity index (χ2v) is 9.02. The summed E-state index contributed by atoms with van der Waals surface area (Å²) in [5.74, 6) is 0.369. The van der Waals surface area contributed by atoms with Gasteiger partial charge in [0.15, 0.2) is 4.34 Å². The minimum Gasteiger partial charge on any atom is -0.355 e. The Morgan fingerprint density at radius 2 is 2.12 bits per heavy atom. The summed E-state index contributed by atoms with van der Waals surface area (Å²) >= 11 is 4.58. The summed E-state index contributed by atoms with van der Waals surface area (Å²) in [4.78, 5) is 13.2. The van der Waals surface area contributed by atoms with Crippen molar-refractivity contribution in [2.24, 2.45) is 0 Å². The number of thiophene rings is 1. The van der Waals surface area contributed by atoms with Crippen LogP contribution in [-0.2, 0) is 11.2 Å². The van der Waals surface area contributed by atoms with Gasteiger partial charge in [0.2, 0.25) is 11.0 Å². The summed E-state index contributed by atoms with van der Waals surface area (Å²) in [5.41, 5.74) is 3.42. The maximum Gasteiger partial charge on any atom is 0.230 e. The van der Waals surface area contributed by atoms with E-state index < -0.39 is 0 Å². The van der Waals surface area contributed by atoms with Crippen molar-refractivity contribution >= 4 is 51.2 Å². The molecule has 1 amide bonds. The van der Waals surface area contributed by atoms with Crippen molar-refractivity contribution in [3.05, 3.63) is 51.7 Å². The highest BCUT2D eigenvalue weighted by atomic mass is 32.2. The van der Waals surface area contributed by atoms with Gasteiger partial charge in [0.1, 0.15) is 0 Å². The molecule has 1 aromatic carbocycles. The molecule has 3 aromatic rings. The molecule has 0 fully saturated rings. The fourth-order valence-corrected chi connectivity index (χ4v) is 4.65. The lowest BCUT2D eigenvalue weighted by atomic mass is 10.1. The summed E-state index contributed by atoms with van der Waals surface area (Å²) in [7, 11) is 0. The first-order valence-corrected chi connectivity index (χ1v) is 10.9. The van der Waals surface area contributed by atoms with Gasteiger partial charge in [-0.2, -0.15) is 0 Å². The number of amides is 1. The van der Waals surface area contributed by atoms with E-state index in [0.717, 1.165) is 21.6 Å². The van der Waals surface area contributed by atoms with Crippen LogP contribution in [0, 0.1) is 13.8 Å². The van der Waals surface area contributed by atoms with Crippen molar-refractivity contribution in [2.75, 3.05) is 17.6 Å². The molecule has 0 aliphatic heterocycles. The molecule has 26 heavy (non-hydrogen) atoms. The number of nitrogens with one attached hydrogen (secondary N) is 2. The van der Waals surface area contributed by atoms with Crippen LogP contribution in [-0.4, -0.2) is 28.4 Å². The number of hydrogen-bond acceptors (Lipinski definition) is 7. The fraction of sp³-hybridized carbons (Fsp3) is 0.278. The maximum absolute atomic E-state index is 11.9. The van der Waals surface area contributed by atoms with Gasteiger partial charge >= 0.3 is 0 Å². The summed E-state index contributed by atoms with van der Waals surface area (Å²) in [6.07, 6.45) is 0.872. The quantitative estimate of drug-likeness (QED) is 0.544. The molecule has 0 aliphatic rings. The fourth-order valence-electron chi connectivity index (χ4n) is 2.35. The highest BCUT2D eigenvalue weighted by Gasteiger charge is 2.09. The molecular weight excluding hydrogens is 384 g/mol. The van der Waals surface area contributed by atoms with Crippen LogP contribution < -0.4 is 10.6 Å². The van der Waals surface area contributed by atoms with E-state index in [2.05, 4.69) is 52.9 Å². The molecule has 0 saturated heterocycles. The van der Waals surface area contributed by atoms with Crippen molar-refractivity contribution in [3.8, 4) is 0 Å². The molecule has 3 rings (SSSR count). The molecular formula is C18H20N4OS3. The first-order valence-electron chi connectivity index (χ1n) is 8.20. The molecule has 0 spiro atoms. The third-order valence-electron chi connectivity index (χ3n) is 3.63. The first-order chi connectivity index (χ1) is 12.6. The second kappa shape index (κ2) is 9.16. The molecule has 8 heteroatoms. The number of aryl methyl sites for hydroxylation is 2. The standard InChI is InChI=1S/C18H20N4OS3/c1-12-5-6-15(13(2)10-12)20-17-21-22-18(26-17)25-11-16(23)19-8-7-14-4-3-9-24-14/h3-6,9-10H,7-8,11H2,1-2H3,(H,19,23)(H,20,21). The molecule has 0 bridgehead atoms. The van der Waals surface area contributed by atoms with E-state index in [0.29, 0.717) is 12.3 Å². The van der Waals surface area contributed by atoms with E-state index in [1.54, 1.807) is 11.3 Å². The van der Waals surface area contributed by atoms with E-state index in [1.807, 2.05) is 17.5 Å². The Hall–Kier alpha value is -1.90. The van der Waals surface area contributed by atoms with Crippen molar-refractivity contribution in [1.82, 2.24) is 15.5 Å². The highest BCUT2D eigenvalue weighted by Crippen LogP contribution is 2.28. The topological polar surface area (TPSA) is 66.9 Å². The van der Waals surface area contributed by atoms with Crippen LogP contribution in [0.5, 0.6) is 0 Å². The number of aromatic nitrogens is 2. The molecule has 0 saturated carbocycles. The van der Waals surface area contributed by atoms with Crippen LogP contribution in [0.15, 0.2) is 40.1 Å². The third kappa shape index (κ3) is 5.55. The Balaban J connectivity index is 1.43. The zero-order valence-corrected chi connectivity index (χ0v) is 17.1. The van der Waals surface area contributed by atoms with Crippen LogP contribution >= 0.6 is 34.4 Å². The molecule has 0 radical (unpaired) electrons. The minimum absolute atomic E-state index is 0.0191. The van der Waals surface area contributed by atoms with Crippen LogP contribution in [0.25, 0.3) is 0 Å². The van der Waals surface area contributed by atoms with Crippen molar-refractivity contribution in [1.29, 1.82) is 0 Å². The molecule has 2 aromatic heterocycles. The lowest BCUT2D eigenvalue weighted by molar-refractivity contribution is -0.118. The molecule has 136 valence electrons. The van der Waals surface area contributed by atoms with E-state index in [-0.39, 0.29) is 5.91 Å². The summed E-state index contributed by atoms with van der Waals surface area (Å²) in [5, 5.41) is 17.3. The van der Waals surface area contributed by atoms with Crippen LogP contribution in [0.4, 0.5) is 10.8 Å². The number of rotatable bonds is 8. The average molecular weight is 405 g/mol. The zero-order valence-electron chi connectivity index (χ0n) is 14.6. The Kier molecular flexibility index (Phi) is 6.65. The van der Waals surface area contributed by atoms with Crippen LogP contribution in [0.2, 0.25) is 0 Å². The number of hydrogen-bond donors (Lipinski definition) is 2. The molecule has 5 nitrogen and oxygen atoms in total. The summed E-state index contributed by atoms with van der Waals surface area (Å²) in [6.45, 7) is 4.80. The monoisotopic (exact) mass is 404 g/mol. The van der Waals surface area contributed by atoms with Crippen LogP contribution in [0.1, 0.15) is 16.0 Å². The van der Waals surface area contributed by atoms with E-state index in [9.17, 15) is 4.79 Å². The SMILES string of the molecule is Cc1ccc(Nc2nnc(SCC(=O)NCCc3cccs3)s2)c(C)c1. The highest BCUT2D eigenvalue weighted by molar-refractivity contribution is 8.01. The summed E-state index contributed by atoms with van der Waals surface area (Å²) in [6, 6.07) is 10.3. The molecule has 2 heterocycles. The average Bonchev–Trinajstić information content (AvgIpc) is 3.27. The molecule has 0 unspecified atom stereocenters. The van der Waals surface area contributed by atoms with Gasteiger partial charge in [0, 0.05) is 17.1 Å². The lowest BCUT2D eigenvalue weighted by Gasteiger charge is -2.06. The Bertz CT molecular complexity index is 861. The molecule has 2 N–H and O–H groups in total. The molecule has 0 aliphatic carbocycles. The van der Waals surface area contributed by atoms with E-state index in [4.69, 9.17) is 0 Å². The predicted molar refractivity (Wildman–Crippen MR) is 111 cm³/mol. The van der Waals surface area contributed by atoms with Gasteiger partial charge in [0.25, 0.3) is 0 Å². The van der Waals surface area contributed by atoms with E-state index >= 15 is 0 Å². The smallest absolute Gasteiger partial charge is 0.230 e. The number of thioether (sulfide) groups is 1. The van der Waals surface area contributed by atoms with Crippen molar-refractivity contribution in [3.63, 3.8) is 0 Å². The molecule has 0 atom stereocenters. The number of nitrogens with zero attached hydrogens (tertiary/aromatic N) is 2. The third-order valence-corrected chi connectivity index (χ3v) is 6.54. The first kappa shape index (κ1) is 18.9. The van der Waals surface area contributed by atoms with Gasteiger partial charge in [-0.1, -0.05) is 46.9 Å². The predicted octanol–water partition coefficient (Wildman–Crippen LogP) is 4.41. The largest absolute Gasteiger partial charge is 0.355 e. The van der Waals surface area contributed by atoms with E-state index in [1.165, 1.54) is 39.1 Å². The summed E-state index contributed by atoms with van der Waals surface area (Å²) < 4.78 is 0.783. The van der Waals surface area contributed by atoms with Gasteiger partial charge in [-0.3, -0.25) is 4.79 Å². The van der Waals surface area contributed by atoms with Crippen molar-refractivity contribution < 1.29 is 4.79 Å². The number of anilines is 2. The van der Waals surface area contributed by atoms with Gasteiger partial charge < -0.3 is 10.6 Å². The lowest BCUT2D eigenvalue weighted by Crippen LogP contribution is -2.27. The Morgan fingerprint density at radius 3 is 2.88 bits per heavy atom. The van der Waals surface area contributed by atoms with Gasteiger partial charge in [-0.25, -0.2) is 0 Å². The Morgan fingerprint density at radius 1 is 1.23 bits per heavy atom. The number of benzene rings is 1. The Labute approximate surface area is 165 Å². The van der Waals surface area contributed by atoms with Gasteiger partial charge in [-0.15, -0.1) is 21.5 Å². The van der Waals surface area contributed by atoms with Gasteiger partial charge in [-0.05, 0) is 43.3 Å². The minimum atomic E-state index is 0.0191. The zero-order chi connectivity index (χ0) is 18.4. The number of carbonyl (C=O) groups is 1. The second-order valence-electron chi connectivity index (χ2n) is 5.78. The number of carbonyl (C=O) groups excluding carboxylic acids is 1. The van der Waals surface area contributed by atoms with Gasteiger partial charge in [0.05, 0.1) is 5.75 Å². The normalized spacial score (nSPS) is 10.7. The van der Waals surface area contributed by atoms with Crippen LogP contribution in [0.3, 0.4) is 0 Å². The van der Waals surface area contributed by atoms with Crippen molar-refractivity contribution in [2.45, 2.75) is 24.6 Å². The maximum atomic E-state index is 11.9.